The molecule has 2 aromatic carbocycles. The van der Waals surface area contributed by atoms with Crippen molar-refractivity contribution in [3.63, 3.8) is 0 Å². The summed E-state index contributed by atoms with van der Waals surface area (Å²) >= 11 is 3.51. The summed E-state index contributed by atoms with van der Waals surface area (Å²) in [4.78, 5) is 0. The topological polar surface area (TPSA) is 0 Å². The highest BCUT2D eigenvalue weighted by atomic mass is 79.9. The highest BCUT2D eigenvalue weighted by Gasteiger charge is 2.01. The number of allylic oxidation sites excluding steroid dienone is 1. The van der Waals surface area contributed by atoms with E-state index < -0.39 is 0 Å². The van der Waals surface area contributed by atoms with Crippen LogP contribution in [0.15, 0.2) is 53.0 Å². The molecular weight excluding hydrogens is 296 g/mol. The SMILES string of the molecule is C/C=C\c1cc(-c2cccc(Br)c2)ccc1C.CC. The van der Waals surface area contributed by atoms with E-state index in [1.165, 1.54) is 22.3 Å². The summed E-state index contributed by atoms with van der Waals surface area (Å²) < 4.78 is 1.11. The molecule has 0 N–H and O–H groups in total. The Morgan fingerprint density at radius 2 is 1.63 bits per heavy atom. The second-order valence-corrected chi connectivity index (χ2v) is 5.00. The molecule has 0 aliphatic carbocycles. The van der Waals surface area contributed by atoms with Crippen molar-refractivity contribution >= 4 is 22.0 Å². The van der Waals surface area contributed by atoms with Crippen LogP contribution in [-0.4, -0.2) is 0 Å². The van der Waals surface area contributed by atoms with Crippen molar-refractivity contribution in [1.29, 1.82) is 0 Å². The van der Waals surface area contributed by atoms with E-state index in [4.69, 9.17) is 0 Å². The Morgan fingerprint density at radius 3 is 2.26 bits per heavy atom. The zero-order valence-corrected chi connectivity index (χ0v) is 13.7. The lowest BCUT2D eigenvalue weighted by molar-refractivity contribution is 1.43. The summed E-state index contributed by atoms with van der Waals surface area (Å²) in [7, 11) is 0. The fraction of sp³-hybridized carbons (Fsp3) is 0.222. The van der Waals surface area contributed by atoms with Gasteiger partial charge in [-0.1, -0.05) is 66.2 Å². The predicted octanol–water partition coefficient (Wildman–Crippen LogP) is 6.48. The van der Waals surface area contributed by atoms with Crippen LogP contribution in [-0.2, 0) is 0 Å². The molecule has 0 aliphatic heterocycles. The van der Waals surface area contributed by atoms with Crippen LogP contribution in [0.5, 0.6) is 0 Å². The van der Waals surface area contributed by atoms with Gasteiger partial charge >= 0.3 is 0 Å². The first-order chi connectivity index (χ1) is 9.20. The van der Waals surface area contributed by atoms with Gasteiger partial charge in [0.25, 0.3) is 0 Å². The summed E-state index contributed by atoms with van der Waals surface area (Å²) in [5.41, 5.74) is 5.09. The van der Waals surface area contributed by atoms with Crippen LogP contribution >= 0.6 is 15.9 Å². The third-order valence-electron chi connectivity index (χ3n) is 2.78. The molecule has 0 amide bonds. The highest BCUT2D eigenvalue weighted by molar-refractivity contribution is 9.10. The first-order valence-corrected chi connectivity index (χ1v) is 7.49. The van der Waals surface area contributed by atoms with Crippen molar-refractivity contribution in [2.24, 2.45) is 0 Å². The number of benzene rings is 2. The monoisotopic (exact) mass is 316 g/mol. The maximum atomic E-state index is 3.51. The molecule has 0 atom stereocenters. The molecule has 0 heterocycles. The van der Waals surface area contributed by atoms with Gasteiger partial charge in [-0.2, -0.15) is 0 Å². The molecule has 0 bridgehead atoms. The first-order valence-electron chi connectivity index (χ1n) is 6.70. The molecule has 0 aromatic heterocycles. The number of rotatable bonds is 2. The predicted molar refractivity (Wildman–Crippen MR) is 90.4 cm³/mol. The Hall–Kier alpha value is -1.34. The largest absolute Gasteiger partial charge is 0.0871 e. The molecule has 0 spiro atoms. The minimum atomic E-state index is 1.11. The third-order valence-corrected chi connectivity index (χ3v) is 3.28. The summed E-state index contributed by atoms with van der Waals surface area (Å²) in [6.45, 7) is 8.19. The molecule has 1 heteroatoms. The van der Waals surface area contributed by atoms with Crippen LogP contribution in [0.25, 0.3) is 17.2 Å². The van der Waals surface area contributed by atoms with Crippen molar-refractivity contribution in [3.05, 3.63) is 64.1 Å². The molecular formula is C18H21Br. The molecule has 0 aliphatic rings. The lowest BCUT2D eigenvalue weighted by Gasteiger charge is -2.06. The van der Waals surface area contributed by atoms with Crippen molar-refractivity contribution < 1.29 is 0 Å². The van der Waals surface area contributed by atoms with Crippen molar-refractivity contribution in [3.8, 4) is 11.1 Å². The fourth-order valence-corrected chi connectivity index (χ4v) is 2.25. The van der Waals surface area contributed by atoms with Gasteiger partial charge in [-0.15, -0.1) is 0 Å². The third kappa shape index (κ3) is 4.36. The van der Waals surface area contributed by atoms with E-state index in [-0.39, 0.29) is 0 Å². The molecule has 0 unspecified atom stereocenters. The van der Waals surface area contributed by atoms with Gasteiger partial charge in [-0.05, 0) is 54.3 Å². The van der Waals surface area contributed by atoms with Gasteiger partial charge in [-0.25, -0.2) is 0 Å². The second kappa shape index (κ2) is 7.96. The van der Waals surface area contributed by atoms with E-state index in [0.717, 1.165) is 4.47 Å². The van der Waals surface area contributed by atoms with E-state index in [0.29, 0.717) is 0 Å². The Balaban J connectivity index is 0.000000861. The molecule has 0 radical (unpaired) electrons. The maximum absolute atomic E-state index is 3.51. The first kappa shape index (κ1) is 15.7. The Kier molecular flexibility index (Phi) is 6.58. The zero-order chi connectivity index (χ0) is 14.3. The van der Waals surface area contributed by atoms with E-state index >= 15 is 0 Å². The van der Waals surface area contributed by atoms with E-state index in [9.17, 15) is 0 Å². The quantitative estimate of drug-likeness (QED) is 0.594. The van der Waals surface area contributed by atoms with Gasteiger partial charge in [0.1, 0.15) is 0 Å². The van der Waals surface area contributed by atoms with Gasteiger partial charge < -0.3 is 0 Å². The van der Waals surface area contributed by atoms with Gasteiger partial charge in [0.15, 0.2) is 0 Å². The molecule has 0 nitrogen and oxygen atoms in total. The van der Waals surface area contributed by atoms with Crippen molar-refractivity contribution in [2.75, 3.05) is 0 Å². The Bertz CT molecular complexity index is 553. The number of hydrogen-bond donors (Lipinski definition) is 0. The Labute approximate surface area is 125 Å². The van der Waals surface area contributed by atoms with Crippen molar-refractivity contribution in [1.82, 2.24) is 0 Å². The standard InChI is InChI=1S/C16H15Br.C2H6/c1-3-5-13-10-15(9-8-12(13)2)14-6-4-7-16(17)11-14;1-2/h3-11H,1-2H3;1-2H3/b5-3-;. The van der Waals surface area contributed by atoms with Crippen LogP contribution in [0.1, 0.15) is 31.9 Å². The summed E-state index contributed by atoms with van der Waals surface area (Å²) in [6.07, 6.45) is 4.23. The van der Waals surface area contributed by atoms with Gasteiger partial charge in [0.05, 0.1) is 0 Å². The van der Waals surface area contributed by atoms with E-state index in [1.54, 1.807) is 0 Å². The maximum Gasteiger partial charge on any atom is 0.0181 e. The van der Waals surface area contributed by atoms with Crippen LogP contribution in [0, 0.1) is 6.92 Å². The summed E-state index contributed by atoms with van der Waals surface area (Å²) in [6, 6.07) is 15.0. The minimum absolute atomic E-state index is 1.11. The van der Waals surface area contributed by atoms with Crippen LogP contribution in [0.3, 0.4) is 0 Å². The number of halogens is 1. The molecule has 19 heavy (non-hydrogen) atoms. The smallest absolute Gasteiger partial charge is 0.0181 e. The van der Waals surface area contributed by atoms with E-state index in [1.807, 2.05) is 26.8 Å². The van der Waals surface area contributed by atoms with Gasteiger partial charge in [0.2, 0.25) is 0 Å². The second-order valence-electron chi connectivity index (χ2n) is 4.08. The number of hydrogen-bond acceptors (Lipinski definition) is 0. The van der Waals surface area contributed by atoms with Gasteiger partial charge in [-0.3, -0.25) is 0 Å². The van der Waals surface area contributed by atoms with E-state index in [2.05, 4.69) is 71.4 Å². The lowest BCUT2D eigenvalue weighted by atomic mass is 9.99. The molecule has 0 saturated heterocycles. The minimum Gasteiger partial charge on any atom is -0.0871 e. The average Bonchev–Trinajstić information content (AvgIpc) is 2.44. The zero-order valence-electron chi connectivity index (χ0n) is 12.1. The number of aryl methyl sites for hydroxylation is 1. The fourth-order valence-electron chi connectivity index (χ4n) is 1.85. The van der Waals surface area contributed by atoms with Crippen LogP contribution in [0.2, 0.25) is 0 Å². The lowest BCUT2D eigenvalue weighted by Crippen LogP contribution is -1.84. The summed E-state index contributed by atoms with van der Waals surface area (Å²) in [5.74, 6) is 0. The molecule has 0 fully saturated rings. The molecule has 2 aromatic rings. The van der Waals surface area contributed by atoms with Crippen molar-refractivity contribution in [2.45, 2.75) is 27.7 Å². The highest BCUT2D eigenvalue weighted by Crippen LogP contribution is 2.25. The summed E-state index contributed by atoms with van der Waals surface area (Å²) in [5, 5.41) is 0. The Morgan fingerprint density at radius 1 is 0.947 bits per heavy atom. The normalized spacial score (nSPS) is 10.2. The van der Waals surface area contributed by atoms with Gasteiger partial charge in [0, 0.05) is 4.47 Å². The van der Waals surface area contributed by atoms with Crippen LogP contribution < -0.4 is 0 Å². The van der Waals surface area contributed by atoms with Crippen LogP contribution in [0.4, 0.5) is 0 Å². The molecule has 2 rings (SSSR count). The molecule has 0 saturated carbocycles. The molecule has 100 valence electrons. The average molecular weight is 317 g/mol.